The third kappa shape index (κ3) is 2.38. The lowest BCUT2D eigenvalue weighted by molar-refractivity contribution is 0.340. The molecule has 2 aromatic rings. The van der Waals surface area contributed by atoms with Gasteiger partial charge in [-0.25, -0.2) is 9.97 Å². The second-order valence-electron chi connectivity index (χ2n) is 5.70. The highest BCUT2D eigenvalue weighted by atomic mass is 35.5. The molecule has 2 fully saturated rings. The number of hydrogen-bond acceptors (Lipinski definition) is 4. The molecule has 1 aliphatic carbocycles. The molecule has 0 unspecified atom stereocenters. The van der Waals surface area contributed by atoms with E-state index in [2.05, 4.69) is 20.0 Å². The van der Waals surface area contributed by atoms with Crippen LogP contribution < -0.4 is 4.90 Å². The van der Waals surface area contributed by atoms with E-state index in [1.807, 2.05) is 23.1 Å². The summed E-state index contributed by atoms with van der Waals surface area (Å²) in [6.07, 6.45) is 7.93. The Bertz CT molecular complexity index is 616. The van der Waals surface area contributed by atoms with E-state index >= 15 is 0 Å². The van der Waals surface area contributed by atoms with Gasteiger partial charge in [0, 0.05) is 43.9 Å². The van der Waals surface area contributed by atoms with Crippen molar-refractivity contribution in [3.8, 4) is 0 Å². The van der Waals surface area contributed by atoms with Crippen LogP contribution in [0.1, 0.15) is 24.6 Å². The Morgan fingerprint density at radius 1 is 1.30 bits per heavy atom. The fraction of sp³-hybridized carbons (Fsp3) is 0.500. The van der Waals surface area contributed by atoms with Gasteiger partial charge >= 0.3 is 0 Å². The fourth-order valence-corrected chi connectivity index (χ4v) is 2.81. The van der Waals surface area contributed by atoms with Crippen molar-refractivity contribution in [1.29, 1.82) is 0 Å². The zero-order valence-electron chi connectivity index (χ0n) is 11.1. The summed E-state index contributed by atoms with van der Waals surface area (Å²) >= 11 is 5.87. The van der Waals surface area contributed by atoms with Crippen LogP contribution in [0.3, 0.4) is 0 Å². The van der Waals surface area contributed by atoms with Crippen molar-refractivity contribution in [2.45, 2.75) is 25.3 Å². The molecule has 0 bridgehead atoms. The summed E-state index contributed by atoms with van der Waals surface area (Å²) in [6, 6.07) is 2.01. The first-order chi connectivity index (χ1) is 9.78. The highest BCUT2D eigenvalue weighted by molar-refractivity contribution is 6.30. The molecule has 0 aromatic carbocycles. The van der Waals surface area contributed by atoms with E-state index < -0.39 is 0 Å². The minimum absolute atomic E-state index is 0.609. The Morgan fingerprint density at radius 3 is 2.85 bits per heavy atom. The summed E-state index contributed by atoms with van der Waals surface area (Å²) in [5.74, 6) is 3.31. The number of nitrogens with zero attached hydrogens (tertiary/aromatic N) is 5. The first-order valence-corrected chi connectivity index (χ1v) is 7.41. The minimum atomic E-state index is 0.609. The van der Waals surface area contributed by atoms with E-state index in [-0.39, 0.29) is 0 Å². The van der Waals surface area contributed by atoms with Crippen LogP contribution in [-0.4, -0.2) is 32.8 Å². The lowest BCUT2D eigenvalue weighted by atomic mass is 10.0. The standard InChI is InChI=1S/C14H16ClN5/c15-12-5-17-20(9-12)8-10-6-19(7-10)13-3-4-16-14(18-13)11-1-2-11/h3-5,9-11H,1-2,6-8H2. The Balaban J connectivity index is 1.37. The van der Waals surface area contributed by atoms with Crippen molar-refractivity contribution in [1.82, 2.24) is 19.7 Å². The molecule has 20 heavy (non-hydrogen) atoms. The van der Waals surface area contributed by atoms with Gasteiger partial charge in [0.1, 0.15) is 11.6 Å². The second-order valence-corrected chi connectivity index (χ2v) is 6.14. The van der Waals surface area contributed by atoms with Crippen molar-refractivity contribution >= 4 is 17.4 Å². The lowest BCUT2D eigenvalue weighted by Crippen LogP contribution is -2.49. The second kappa shape index (κ2) is 4.74. The normalized spacial score (nSPS) is 19.1. The van der Waals surface area contributed by atoms with Crippen LogP contribution in [0.4, 0.5) is 5.82 Å². The van der Waals surface area contributed by atoms with Gasteiger partial charge in [-0.15, -0.1) is 0 Å². The third-order valence-corrected chi connectivity index (χ3v) is 4.13. The number of halogens is 1. The maximum atomic E-state index is 5.87. The van der Waals surface area contributed by atoms with Crippen LogP contribution in [0.2, 0.25) is 5.02 Å². The molecule has 0 N–H and O–H groups in total. The average molecular weight is 290 g/mol. The predicted molar refractivity (Wildman–Crippen MR) is 76.9 cm³/mol. The Labute approximate surface area is 122 Å². The van der Waals surface area contributed by atoms with Gasteiger partial charge in [-0.2, -0.15) is 5.10 Å². The summed E-state index contributed by atoms with van der Waals surface area (Å²) in [6.45, 7) is 2.97. The summed E-state index contributed by atoms with van der Waals surface area (Å²) < 4.78 is 1.92. The van der Waals surface area contributed by atoms with Crippen molar-refractivity contribution in [2.24, 2.45) is 5.92 Å². The highest BCUT2D eigenvalue weighted by Crippen LogP contribution is 2.38. The molecule has 0 amide bonds. The van der Waals surface area contributed by atoms with Gasteiger partial charge in [0.05, 0.1) is 11.2 Å². The molecule has 2 aliphatic rings. The highest BCUT2D eigenvalue weighted by Gasteiger charge is 2.30. The van der Waals surface area contributed by atoms with E-state index in [4.69, 9.17) is 11.6 Å². The van der Waals surface area contributed by atoms with E-state index in [1.165, 1.54) is 12.8 Å². The minimum Gasteiger partial charge on any atom is -0.356 e. The van der Waals surface area contributed by atoms with Crippen molar-refractivity contribution in [3.05, 3.63) is 35.5 Å². The fourth-order valence-electron chi connectivity index (χ4n) is 2.65. The van der Waals surface area contributed by atoms with Crippen LogP contribution in [0.25, 0.3) is 0 Å². The molecule has 1 saturated carbocycles. The van der Waals surface area contributed by atoms with E-state index in [9.17, 15) is 0 Å². The molecule has 2 aromatic heterocycles. The number of rotatable bonds is 4. The average Bonchev–Trinajstić information content (AvgIpc) is 3.18. The van der Waals surface area contributed by atoms with E-state index in [0.29, 0.717) is 16.9 Å². The van der Waals surface area contributed by atoms with Crippen molar-refractivity contribution in [3.63, 3.8) is 0 Å². The third-order valence-electron chi connectivity index (χ3n) is 3.93. The van der Waals surface area contributed by atoms with Crippen LogP contribution >= 0.6 is 11.6 Å². The van der Waals surface area contributed by atoms with Gasteiger partial charge in [-0.05, 0) is 18.9 Å². The Hall–Kier alpha value is -1.62. The molecule has 1 saturated heterocycles. The summed E-state index contributed by atoms with van der Waals surface area (Å²) in [5, 5.41) is 4.92. The molecule has 0 atom stereocenters. The van der Waals surface area contributed by atoms with Gasteiger partial charge in [0.25, 0.3) is 0 Å². The maximum Gasteiger partial charge on any atom is 0.133 e. The maximum absolute atomic E-state index is 5.87. The summed E-state index contributed by atoms with van der Waals surface area (Å²) in [7, 11) is 0. The summed E-state index contributed by atoms with van der Waals surface area (Å²) in [4.78, 5) is 11.3. The van der Waals surface area contributed by atoms with E-state index in [1.54, 1.807) is 6.20 Å². The monoisotopic (exact) mass is 289 g/mol. The quantitative estimate of drug-likeness (QED) is 0.867. The first-order valence-electron chi connectivity index (χ1n) is 7.04. The van der Waals surface area contributed by atoms with Gasteiger partial charge in [-0.3, -0.25) is 4.68 Å². The van der Waals surface area contributed by atoms with Crippen LogP contribution in [0, 0.1) is 5.92 Å². The summed E-state index contributed by atoms with van der Waals surface area (Å²) in [5.41, 5.74) is 0. The molecular formula is C14H16ClN5. The van der Waals surface area contributed by atoms with Crippen molar-refractivity contribution in [2.75, 3.05) is 18.0 Å². The van der Waals surface area contributed by atoms with Gasteiger partial charge in [0.15, 0.2) is 0 Å². The smallest absolute Gasteiger partial charge is 0.133 e. The molecule has 3 heterocycles. The Kier molecular flexibility index (Phi) is 2.88. The zero-order valence-corrected chi connectivity index (χ0v) is 11.9. The van der Waals surface area contributed by atoms with Crippen molar-refractivity contribution < 1.29 is 0 Å². The SMILES string of the molecule is Clc1cnn(CC2CN(c3ccnc(C4CC4)n3)C2)c1. The molecule has 0 spiro atoms. The predicted octanol–water partition coefficient (Wildman–Crippen LogP) is 2.34. The number of hydrogen-bond donors (Lipinski definition) is 0. The van der Waals surface area contributed by atoms with Gasteiger partial charge < -0.3 is 4.90 Å². The van der Waals surface area contributed by atoms with E-state index in [0.717, 1.165) is 31.3 Å². The first kappa shape index (κ1) is 12.1. The Morgan fingerprint density at radius 2 is 2.15 bits per heavy atom. The van der Waals surface area contributed by atoms with Crippen LogP contribution in [0.15, 0.2) is 24.7 Å². The zero-order chi connectivity index (χ0) is 13.5. The number of anilines is 1. The molecule has 5 nitrogen and oxygen atoms in total. The molecule has 0 radical (unpaired) electrons. The van der Waals surface area contributed by atoms with Crippen LogP contribution in [-0.2, 0) is 6.54 Å². The molecular weight excluding hydrogens is 274 g/mol. The lowest BCUT2D eigenvalue weighted by Gasteiger charge is -2.40. The molecule has 6 heteroatoms. The largest absolute Gasteiger partial charge is 0.356 e. The van der Waals surface area contributed by atoms with Crippen LogP contribution in [0.5, 0.6) is 0 Å². The van der Waals surface area contributed by atoms with Gasteiger partial charge in [-0.1, -0.05) is 11.6 Å². The molecule has 104 valence electrons. The molecule has 4 rings (SSSR count). The topological polar surface area (TPSA) is 46.8 Å². The molecule has 1 aliphatic heterocycles. The number of aromatic nitrogens is 4. The van der Waals surface area contributed by atoms with Gasteiger partial charge in [0.2, 0.25) is 0 Å².